The molecule has 0 spiro atoms. The number of anilines is 1. The summed E-state index contributed by atoms with van der Waals surface area (Å²) in [6.07, 6.45) is 0.782. The molecule has 3 aromatic rings. The van der Waals surface area contributed by atoms with Gasteiger partial charge in [-0.15, -0.1) is 0 Å². The lowest BCUT2D eigenvalue weighted by Crippen LogP contribution is -2.36. The third kappa shape index (κ3) is 5.02. The summed E-state index contributed by atoms with van der Waals surface area (Å²) in [6, 6.07) is 10.3. The van der Waals surface area contributed by atoms with Crippen molar-refractivity contribution in [2.45, 2.75) is 19.4 Å². The standard InChI is InChI=1S/C21H24N4O3S/c1-24(14-16-2-4-18(5-3-16)25-9-11-27-12-10-25)20(26)7-6-19-22-21(23-28-19)17-8-13-29-15-17/h2-5,8,13,15H,6-7,9-12,14H2,1H3. The Morgan fingerprint density at radius 2 is 2.00 bits per heavy atom. The van der Waals surface area contributed by atoms with Gasteiger partial charge in [0.25, 0.3) is 0 Å². The molecule has 0 radical (unpaired) electrons. The highest BCUT2D eigenvalue weighted by Crippen LogP contribution is 2.20. The molecule has 0 atom stereocenters. The first kappa shape index (κ1) is 19.6. The van der Waals surface area contributed by atoms with Crippen LogP contribution in [0.25, 0.3) is 11.4 Å². The van der Waals surface area contributed by atoms with E-state index in [9.17, 15) is 4.79 Å². The molecular formula is C21H24N4O3S. The Labute approximate surface area is 173 Å². The molecule has 0 saturated carbocycles. The van der Waals surface area contributed by atoms with E-state index in [0.717, 1.165) is 37.4 Å². The van der Waals surface area contributed by atoms with Gasteiger partial charge in [0.05, 0.1) is 13.2 Å². The van der Waals surface area contributed by atoms with E-state index in [-0.39, 0.29) is 5.91 Å². The minimum atomic E-state index is 0.0533. The van der Waals surface area contributed by atoms with Gasteiger partial charge < -0.3 is 19.1 Å². The SMILES string of the molecule is CN(Cc1ccc(N2CCOCC2)cc1)C(=O)CCc1nc(-c2ccsc2)no1. The van der Waals surface area contributed by atoms with E-state index in [1.54, 1.807) is 16.2 Å². The zero-order chi connectivity index (χ0) is 20.1. The molecular weight excluding hydrogens is 388 g/mol. The summed E-state index contributed by atoms with van der Waals surface area (Å²) in [5, 5.41) is 7.92. The van der Waals surface area contributed by atoms with Gasteiger partial charge in [0.1, 0.15) is 0 Å². The summed E-state index contributed by atoms with van der Waals surface area (Å²) in [5.74, 6) is 1.11. The molecule has 1 fully saturated rings. The van der Waals surface area contributed by atoms with Gasteiger partial charge in [0.2, 0.25) is 17.6 Å². The Kier molecular flexibility index (Phi) is 6.21. The van der Waals surface area contributed by atoms with Crippen LogP contribution in [0.1, 0.15) is 17.9 Å². The smallest absolute Gasteiger partial charge is 0.227 e. The van der Waals surface area contributed by atoms with E-state index < -0.39 is 0 Å². The fourth-order valence-corrected chi connectivity index (χ4v) is 3.90. The molecule has 29 heavy (non-hydrogen) atoms. The van der Waals surface area contributed by atoms with E-state index >= 15 is 0 Å². The normalized spacial score (nSPS) is 14.2. The van der Waals surface area contributed by atoms with E-state index in [2.05, 4.69) is 39.3 Å². The fraction of sp³-hybridized carbons (Fsp3) is 0.381. The van der Waals surface area contributed by atoms with Crippen molar-refractivity contribution in [3.63, 3.8) is 0 Å². The van der Waals surface area contributed by atoms with Gasteiger partial charge in [-0.2, -0.15) is 16.3 Å². The molecule has 4 rings (SSSR count). The molecule has 1 amide bonds. The third-order valence-corrected chi connectivity index (χ3v) is 5.64. The minimum absolute atomic E-state index is 0.0533. The highest BCUT2D eigenvalue weighted by molar-refractivity contribution is 7.08. The van der Waals surface area contributed by atoms with Crippen LogP contribution >= 0.6 is 11.3 Å². The summed E-state index contributed by atoms with van der Waals surface area (Å²) in [6.45, 7) is 3.96. The van der Waals surface area contributed by atoms with Crippen LogP contribution in [0.4, 0.5) is 5.69 Å². The lowest BCUT2D eigenvalue weighted by Gasteiger charge is -2.29. The number of aromatic nitrogens is 2. The van der Waals surface area contributed by atoms with Crippen molar-refractivity contribution in [1.82, 2.24) is 15.0 Å². The Hall–Kier alpha value is -2.71. The van der Waals surface area contributed by atoms with Gasteiger partial charge in [0, 0.05) is 56.2 Å². The van der Waals surface area contributed by atoms with Gasteiger partial charge in [-0.1, -0.05) is 17.3 Å². The van der Waals surface area contributed by atoms with Gasteiger partial charge in [-0.25, -0.2) is 0 Å². The topological polar surface area (TPSA) is 71.7 Å². The van der Waals surface area contributed by atoms with Crippen molar-refractivity contribution in [3.8, 4) is 11.4 Å². The number of morpholine rings is 1. The summed E-state index contributed by atoms with van der Waals surface area (Å²) in [4.78, 5) is 20.9. The maximum Gasteiger partial charge on any atom is 0.227 e. The zero-order valence-electron chi connectivity index (χ0n) is 16.4. The van der Waals surface area contributed by atoms with Gasteiger partial charge in [-0.05, 0) is 29.1 Å². The number of nitrogens with zero attached hydrogens (tertiary/aromatic N) is 4. The second-order valence-corrected chi connectivity index (χ2v) is 7.82. The monoisotopic (exact) mass is 412 g/mol. The number of benzene rings is 1. The highest BCUT2D eigenvalue weighted by atomic mass is 32.1. The molecule has 0 aliphatic carbocycles. The number of amides is 1. The number of thiophene rings is 1. The molecule has 0 unspecified atom stereocenters. The molecule has 1 aliphatic rings. The van der Waals surface area contributed by atoms with E-state index in [1.165, 1.54) is 5.69 Å². The number of rotatable bonds is 7. The Morgan fingerprint density at radius 3 is 2.72 bits per heavy atom. The van der Waals surface area contributed by atoms with Crippen LogP contribution in [-0.4, -0.2) is 54.3 Å². The summed E-state index contributed by atoms with van der Waals surface area (Å²) < 4.78 is 10.7. The van der Waals surface area contributed by atoms with Crippen LogP contribution < -0.4 is 4.90 Å². The van der Waals surface area contributed by atoms with Gasteiger partial charge >= 0.3 is 0 Å². The van der Waals surface area contributed by atoms with Crippen LogP contribution in [-0.2, 0) is 22.5 Å². The number of hydrogen-bond donors (Lipinski definition) is 0. The zero-order valence-corrected chi connectivity index (χ0v) is 17.2. The molecule has 0 bridgehead atoms. The van der Waals surface area contributed by atoms with Crippen molar-refractivity contribution >= 4 is 22.9 Å². The van der Waals surface area contributed by atoms with Crippen LogP contribution in [0.15, 0.2) is 45.6 Å². The number of carbonyl (C=O) groups is 1. The molecule has 1 aliphatic heterocycles. The maximum atomic E-state index is 12.5. The van der Waals surface area contributed by atoms with E-state index in [1.807, 2.05) is 23.9 Å². The van der Waals surface area contributed by atoms with E-state index in [4.69, 9.17) is 9.26 Å². The predicted octanol–water partition coefficient (Wildman–Crippen LogP) is 3.23. The number of hydrogen-bond acceptors (Lipinski definition) is 7. The van der Waals surface area contributed by atoms with Gasteiger partial charge in [-0.3, -0.25) is 4.79 Å². The van der Waals surface area contributed by atoms with Gasteiger partial charge in [0.15, 0.2) is 0 Å². The average molecular weight is 413 g/mol. The molecule has 2 aromatic heterocycles. The summed E-state index contributed by atoms with van der Waals surface area (Å²) >= 11 is 1.58. The number of aryl methyl sites for hydroxylation is 1. The largest absolute Gasteiger partial charge is 0.378 e. The second kappa shape index (κ2) is 9.19. The molecule has 152 valence electrons. The lowest BCUT2D eigenvalue weighted by atomic mass is 10.1. The second-order valence-electron chi connectivity index (χ2n) is 7.04. The first-order valence-corrected chi connectivity index (χ1v) is 10.6. The molecule has 1 aromatic carbocycles. The molecule has 1 saturated heterocycles. The van der Waals surface area contributed by atoms with Crippen LogP contribution in [0, 0.1) is 0 Å². The van der Waals surface area contributed by atoms with Crippen LogP contribution in [0.3, 0.4) is 0 Å². The van der Waals surface area contributed by atoms with E-state index in [0.29, 0.717) is 31.1 Å². The summed E-state index contributed by atoms with van der Waals surface area (Å²) in [5.41, 5.74) is 3.24. The number of carbonyl (C=O) groups excluding carboxylic acids is 1. The molecule has 8 heteroatoms. The van der Waals surface area contributed by atoms with Crippen molar-refractivity contribution in [3.05, 3.63) is 52.5 Å². The van der Waals surface area contributed by atoms with Crippen molar-refractivity contribution in [2.75, 3.05) is 38.3 Å². The van der Waals surface area contributed by atoms with Crippen molar-refractivity contribution in [2.24, 2.45) is 0 Å². The van der Waals surface area contributed by atoms with Crippen molar-refractivity contribution in [1.29, 1.82) is 0 Å². The predicted molar refractivity (Wildman–Crippen MR) is 112 cm³/mol. The minimum Gasteiger partial charge on any atom is -0.378 e. The number of ether oxygens (including phenoxy) is 1. The van der Waals surface area contributed by atoms with Crippen LogP contribution in [0.2, 0.25) is 0 Å². The first-order chi connectivity index (χ1) is 14.2. The molecule has 0 N–H and O–H groups in total. The molecule has 7 nitrogen and oxygen atoms in total. The van der Waals surface area contributed by atoms with Crippen molar-refractivity contribution < 1.29 is 14.1 Å². The Balaban J connectivity index is 1.27. The first-order valence-electron chi connectivity index (χ1n) is 9.70. The Bertz CT molecular complexity index is 918. The fourth-order valence-electron chi connectivity index (χ4n) is 3.27. The molecule has 3 heterocycles. The third-order valence-electron chi connectivity index (χ3n) is 4.96. The quantitative estimate of drug-likeness (QED) is 0.593. The average Bonchev–Trinajstić information content (AvgIpc) is 3.45. The highest BCUT2D eigenvalue weighted by Gasteiger charge is 2.15. The Morgan fingerprint density at radius 1 is 1.21 bits per heavy atom. The van der Waals surface area contributed by atoms with Crippen LogP contribution in [0.5, 0.6) is 0 Å². The lowest BCUT2D eigenvalue weighted by molar-refractivity contribution is -0.130. The maximum absolute atomic E-state index is 12.5. The summed E-state index contributed by atoms with van der Waals surface area (Å²) in [7, 11) is 1.82.